The van der Waals surface area contributed by atoms with Crippen LogP contribution < -0.4 is 10.6 Å². The number of hydrogen-bond acceptors (Lipinski definition) is 2. The zero-order valence-electron chi connectivity index (χ0n) is 14.2. The molecule has 0 radical (unpaired) electrons. The summed E-state index contributed by atoms with van der Waals surface area (Å²) in [7, 11) is 0. The molecule has 0 aromatic heterocycles. The molecule has 1 heterocycles. The van der Waals surface area contributed by atoms with Crippen LogP contribution in [0.1, 0.15) is 37.3 Å². The summed E-state index contributed by atoms with van der Waals surface area (Å²) in [6.07, 6.45) is -1.73. The van der Waals surface area contributed by atoms with Crippen LogP contribution in [0.25, 0.3) is 0 Å². The van der Waals surface area contributed by atoms with Crippen LogP contribution in [0, 0.1) is 11.8 Å². The standard InChI is InChI=1S/C18H23F3N2O.ClH/c1-12(13-9-22-10-13)16(24)23-11-17(6-3-7-17)14-4-2-5-15(8-14)18(19,20)21;/h2,4-5,8,12-13,22H,3,6-7,9-11H2,1H3,(H,23,24);1H. The van der Waals surface area contributed by atoms with Crippen molar-refractivity contribution in [2.45, 2.75) is 37.8 Å². The monoisotopic (exact) mass is 376 g/mol. The van der Waals surface area contributed by atoms with Gasteiger partial charge in [-0.05, 0) is 43.5 Å². The highest BCUT2D eigenvalue weighted by molar-refractivity contribution is 5.85. The third-order valence-electron chi connectivity index (χ3n) is 5.65. The molecule has 2 fully saturated rings. The molecule has 25 heavy (non-hydrogen) atoms. The van der Waals surface area contributed by atoms with Crippen molar-refractivity contribution in [2.75, 3.05) is 19.6 Å². The van der Waals surface area contributed by atoms with Gasteiger partial charge in [-0.1, -0.05) is 31.5 Å². The van der Waals surface area contributed by atoms with E-state index in [4.69, 9.17) is 0 Å². The van der Waals surface area contributed by atoms with E-state index in [0.717, 1.165) is 38.4 Å². The van der Waals surface area contributed by atoms with E-state index in [1.54, 1.807) is 6.07 Å². The quantitative estimate of drug-likeness (QED) is 0.825. The van der Waals surface area contributed by atoms with Crippen molar-refractivity contribution in [3.05, 3.63) is 35.4 Å². The van der Waals surface area contributed by atoms with E-state index in [0.29, 0.717) is 18.0 Å². The van der Waals surface area contributed by atoms with Crippen LogP contribution in [0.5, 0.6) is 0 Å². The van der Waals surface area contributed by atoms with Gasteiger partial charge in [-0.15, -0.1) is 12.4 Å². The SMILES string of the molecule is CC(C(=O)NCC1(c2cccc(C(F)(F)F)c2)CCC1)C1CNC1.Cl. The number of amides is 1. The predicted octanol–water partition coefficient (Wildman–Crippen LogP) is 3.52. The molecule has 1 aromatic carbocycles. The number of benzene rings is 1. The molecule has 0 spiro atoms. The van der Waals surface area contributed by atoms with Crippen molar-refractivity contribution in [2.24, 2.45) is 11.8 Å². The van der Waals surface area contributed by atoms with Gasteiger partial charge in [-0.3, -0.25) is 4.79 Å². The van der Waals surface area contributed by atoms with E-state index >= 15 is 0 Å². The highest BCUT2D eigenvalue weighted by atomic mass is 35.5. The molecule has 3 nitrogen and oxygen atoms in total. The lowest BCUT2D eigenvalue weighted by molar-refractivity contribution is -0.137. The first-order valence-corrected chi connectivity index (χ1v) is 8.48. The van der Waals surface area contributed by atoms with Gasteiger partial charge in [0.1, 0.15) is 0 Å². The Kier molecular flexibility index (Phi) is 6.05. The first kappa shape index (κ1) is 20.0. The van der Waals surface area contributed by atoms with Gasteiger partial charge >= 0.3 is 6.18 Å². The van der Waals surface area contributed by atoms with Crippen LogP contribution >= 0.6 is 12.4 Å². The molecule has 1 aliphatic heterocycles. The molecular weight excluding hydrogens is 353 g/mol. The predicted molar refractivity (Wildman–Crippen MR) is 92.8 cm³/mol. The smallest absolute Gasteiger partial charge is 0.355 e. The average molecular weight is 377 g/mol. The minimum absolute atomic E-state index is 0. The van der Waals surface area contributed by atoms with Crippen molar-refractivity contribution in [1.29, 1.82) is 0 Å². The highest BCUT2D eigenvalue weighted by Gasteiger charge is 2.41. The number of nitrogens with one attached hydrogen (secondary N) is 2. The zero-order chi connectivity index (χ0) is 17.4. The van der Waals surface area contributed by atoms with Gasteiger partial charge in [0.2, 0.25) is 5.91 Å². The summed E-state index contributed by atoms with van der Waals surface area (Å²) in [6.45, 7) is 4.04. The summed E-state index contributed by atoms with van der Waals surface area (Å²) >= 11 is 0. The maximum Gasteiger partial charge on any atom is 0.416 e. The summed E-state index contributed by atoms with van der Waals surface area (Å²) in [5, 5.41) is 6.13. The Labute approximate surface area is 152 Å². The molecule has 0 bridgehead atoms. The molecule has 1 saturated heterocycles. The Morgan fingerprint density at radius 2 is 2.04 bits per heavy atom. The summed E-state index contributed by atoms with van der Waals surface area (Å²) in [5.74, 6) is 0.292. The lowest BCUT2D eigenvalue weighted by Gasteiger charge is -2.43. The van der Waals surface area contributed by atoms with Gasteiger partial charge < -0.3 is 10.6 Å². The molecule has 1 unspecified atom stereocenters. The van der Waals surface area contributed by atoms with E-state index in [1.807, 2.05) is 6.92 Å². The number of halogens is 4. The Bertz CT molecular complexity index is 613. The maximum absolute atomic E-state index is 13.0. The lowest BCUT2D eigenvalue weighted by Crippen LogP contribution is -2.52. The molecule has 7 heteroatoms. The molecule has 140 valence electrons. The van der Waals surface area contributed by atoms with Crippen LogP contribution in [-0.2, 0) is 16.4 Å². The number of carbonyl (C=O) groups is 1. The first-order valence-electron chi connectivity index (χ1n) is 8.48. The summed E-state index contributed by atoms with van der Waals surface area (Å²) in [4.78, 5) is 12.3. The fourth-order valence-electron chi connectivity index (χ4n) is 3.49. The van der Waals surface area contributed by atoms with Crippen molar-refractivity contribution in [3.63, 3.8) is 0 Å². The lowest BCUT2D eigenvalue weighted by atomic mass is 9.64. The van der Waals surface area contributed by atoms with Crippen LogP contribution in [0.15, 0.2) is 24.3 Å². The van der Waals surface area contributed by atoms with Crippen LogP contribution in [0.2, 0.25) is 0 Å². The van der Waals surface area contributed by atoms with Gasteiger partial charge in [0.15, 0.2) is 0 Å². The summed E-state index contributed by atoms with van der Waals surface area (Å²) in [6, 6.07) is 5.55. The van der Waals surface area contributed by atoms with Crippen LogP contribution in [0.4, 0.5) is 13.2 Å². The van der Waals surface area contributed by atoms with Gasteiger partial charge in [0, 0.05) is 17.9 Å². The highest BCUT2D eigenvalue weighted by Crippen LogP contribution is 2.44. The van der Waals surface area contributed by atoms with E-state index in [2.05, 4.69) is 10.6 Å². The number of carbonyl (C=O) groups excluding carboxylic acids is 1. The van der Waals surface area contributed by atoms with Crippen molar-refractivity contribution >= 4 is 18.3 Å². The zero-order valence-corrected chi connectivity index (χ0v) is 15.0. The van der Waals surface area contributed by atoms with E-state index in [9.17, 15) is 18.0 Å². The minimum Gasteiger partial charge on any atom is -0.355 e. The Morgan fingerprint density at radius 3 is 2.52 bits per heavy atom. The number of rotatable bonds is 5. The van der Waals surface area contributed by atoms with E-state index < -0.39 is 11.7 Å². The third-order valence-corrected chi connectivity index (χ3v) is 5.65. The van der Waals surface area contributed by atoms with Gasteiger partial charge in [0.25, 0.3) is 0 Å². The molecule has 1 aromatic rings. The second-order valence-corrected chi connectivity index (χ2v) is 7.14. The normalized spacial score (nSPS) is 20.6. The van der Waals surface area contributed by atoms with Crippen molar-refractivity contribution in [1.82, 2.24) is 10.6 Å². The average Bonchev–Trinajstić information content (AvgIpc) is 2.43. The minimum atomic E-state index is -4.34. The second kappa shape index (κ2) is 7.54. The fourth-order valence-corrected chi connectivity index (χ4v) is 3.49. The summed E-state index contributed by atoms with van der Waals surface area (Å²) in [5.41, 5.74) is -0.289. The van der Waals surface area contributed by atoms with Crippen molar-refractivity contribution < 1.29 is 18.0 Å². The van der Waals surface area contributed by atoms with E-state index in [-0.39, 0.29) is 29.6 Å². The molecule has 1 aliphatic carbocycles. The van der Waals surface area contributed by atoms with Crippen molar-refractivity contribution in [3.8, 4) is 0 Å². The maximum atomic E-state index is 13.0. The summed E-state index contributed by atoms with van der Waals surface area (Å²) < 4.78 is 38.9. The van der Waals surface area contributed by atoms with Gasteiger partial charge in [0.05, 0.1) is 5.56 Å². The molecule has 1 amide bonds. The van der Waals surface area contributed by atoms with E-state index in [1.165, 1.54) is 12.1 Å². The number of alkyl halides is 3. The molecule has 1 saturated carbocycles. The number of hydrogen-bond donors (Lipinski definition) is 2. The fraction of sp³-hybridized carbons (Fsp3) is 0.611. The van der Waals surface area contributed by atoms with Gasteiger partial charge in [-0.2, -0.15) is 13.2 Å². The Balaban J connectivity index is 0.00000225. The Hall–Kier alpha value is -1.27. The van der Waals surface area contributed by atoms with Gasteiger partial charge in [-0.25, -0.2) is 0 Å². The molecule has 3 rings (SSSR count). The molecule has 1 atom stereocenters. The molecule has 2 aliphatic rings. The topological polar surface area (TPSA) is 41.1 Å². The molecular formula is C18H24ClF3N2O. The molecule has 2 N–H and O–H groups in total. The third kappa shape index (κ3) is 4.11. The van der Waals surface area contributed by atoms with Crippen LogP contribution in [-0.4, -0.2) is 25.5 Å². The first-order chi connectivity index (χ1) is 11.3. The second-order valence-electron chi connectivity index (χ2n) is 7.14. The Morgan fingerprint density at radius 1 is 1.36 bits per heavy atom. The largest absolute Gasteiger partial charge is 0.416 e. The van der Waals surface area contributed by atoms with Crippen LogP contribution in [0.3, 0.4) is 0 Å².